The predicted molar refractivity (Wildman–Crippen MR) is 83.3 cm³/mol. The largest absolute Gasteiger partial charge is 0.399 e. The van der Waals surface area contributed by atoms with Crippen LogP contribution < -0.4 is 11.1 Å². The number of nitro benzene ring substituents is 1. The van der Waals surface area contributed by atoms with Crippen LogP contribution in [0.15, 0.2) is 53.4 Å². The van der Waals surface area contributed by atoms with Gasteiger partial charge in [0.15, 0.2) is 0 Å². The Bertz CT molecular complexity index is 642. The Morgan fingerprint density at radius 1 is 1.14 bits per heavy atom. The molecule has 7 heteroatoms. The van der Waals surface area contributed by atoms with Crippen LogP contribution >= 0.6 is 11.8 Å². The molecular weight excluding hydrogens is 290 g/mol. The molecule has 0 radical (unpaired) electrons. The van der Waals surface area contributed by atoms with Crippen molar-refractivity contribution in [3.63, 3.8) is 0 Å². The number of carbonyl (C=O) groups excluding carboxylic acids is 1. The smallest absolute Gasteiger partial charge is 0.269 e. The Balaban J connectivity index is 1.86. The minimum absolute atomic E-state index is 0.00996. The number of nitrogens with two attached hydrogens (primary N) is 1. The first-order valence-electron chi connectivity index (χ1n) is 6.07. The van der Waals surface area contributed by atoms with Gasteiger partial charge in [-0.3, -0.25) is 14.9 Å². The van der Waals surface area contributed by atoms with Gasteiger partial charge in [0.1, 0.15) is 0 Å². The van der Waals surface area contributed by atoms with Crippen LogP contribution in [0.3, 0.4) is 0 Å². The second-order valence-electron chi connectivity index (χ2n) is 4.21. The van der Waals surface area contributed by atoms with Crippen molar-refractivity contribution in [3.05, 3.63) is 58.6 Å². The van der Waals surface area contributed by atoms with E-state index in [0.29, 0.717) is 11.4 Å². The van der Waals surface area contributed by atoms with Gasteiger partial charge in [-0.1, -0.05) is 0 Å². The van der Waals surface area contributed by atoms with E-state index in [9.17, 15) is 14.9 Å². The molecule has 0 saturated carbocycles. The second-order valence-corrected chi connectivity index (χ2v) is 5.26. The zero-order valence-electron chi connectivity index (χ0n) is 11.0. The van der Waals surface area contributed by atoms with Gasteiger partial charge in [0.05, 0.1) is 10.7 Å². The second kappa shape index (κ2) is 6.76. The van der Waals surface area contributed by atoms with Crippen LogP contribution in [0.4, 0.5) is 17.1 Å². The number of nitro groups is 1. The fourth-order valence-electron chi connectivity index (χ4n) is 1.58. The highest BCUT2D eigenvalue weighted by Crippen LogP contribution is 2.20. The molecule has 108 valence electrons. The van der Waals surface area contributed by atoms with E-state index in [4.69, 9.17) is 5.73 Å². The number of nitrogens with zero attached hydrogens (tertiary/aromatic N) is 1. The summed E-state index contributed by atoms with van der Waals surface area (Å²) in [6.45, 7) is 0. The lowest BCUT2D eigenvalue weighted by molar-refractivity contribution is -0.384. The molecule has 0 heterocycles. The number of carbonyl (C=O) groups is 1. The average molecular weight is 303 g/mol. The highest BCUT2D eigenvalue weighted by atomic mass is 32.2. The van der Waals surface area contributed by atoms with Gasteiger partial charge in [-0.25, -0.2) is 0 Å². The van der Waals surface area contributed by atoms with E-state index in [1.807, 2.05) is 12.1 Å². The molecule has 0 atom stereocenters. The average Bonchev–Trinajstić information content (AvgIpc) is 2.47. The maximum Gasteiger partial charge on any atom is 0.269 e. The van der Waals surface area contributed by atoms with Gasteiger partial charge in [0.2, 0.25) is 5.91 Å². The monoisotopic (exact) mass is 303 g/mol. The Morgan fingerprint density at radius 2 is 1.76 bits per heavy atom. The first-order chi connectivity index (χ1) is 10.0. The fourth-order valence-corrected chi connectivity index (χ4v) is 2.27. The molecule has 0 aliphatic carbocycles. The number of anilines is 2. The third kappa shape index (κ3) is 4.50. The topological polar surface area (TPSA) is 98.3 Å². The van der Waals surface area contributed by atoms with E-state index in [-0.39, 0.29) is 17.3 Å². The van der Waals surface area contributed by atoms with E-state index in [1.54, 1.807) is 12.1 Å². The molecule has 0 aliphatic heterocycles. The molecule has 0 fully saturated rings. The molecular formula is C14H13N3O3S. The molecule has 1 amide bonds. The van der Waals surface area contributed by atoms with Crippen molar-refractivity contribution >= 4 is 34.7 Å². The molecule has 0 unspecified atom stereocenters. The van der Waals surface area contributed by atoms with Crippen molar-refractivity contribution in [1.29, 1.82) is 0 Å². The third-order valence-electron chi connectivity index (χ3n) is 2.61. The Labute approximate surface area is 125 Å². The SMILES string of the molecule is Nc1ccc(SCC(=O)Nc2ccc([N+](=O)[O-])cc2)cc1. The molecule has 21 heavy (non-hydrogen) atoms. The number of hydrogen-bond acceptors (Lipinski definition) is 5. The van der Waals surface area contributed by atoms with Crippen molar-refractivity contribution < 1.29 is 9.72 Å². The summed E-state index contributed by atoms with van der Waals surface area (Å²) in [6, 6.07) is 12.9. The van der Waals surface area contributed by atoms with E-state index in [2.05, 4.69) is 5.32 Å². The molecule has 6 nitrogen and oxygen atoms in total. The standard InChI is InChI=1S/C14H13N3O3S/c15-10-1-7-13(8-2-10)21-9-14(18)16-11-3-5-12(6-4-11)17(19)20/h1-8H,9,15H2,(H,16,18). The Kier molecular flexibility index (Phi) is 4.78. The number of nitrogen functional groups attached to an aromatic ring is 1. The zero-order valence-corrected chi connectivity index (χ0v) is 11.8. The summed E-state index contributed by atoms with van der Waals surface area (Å²) < 4.78 is 0. The number of rotatable bonds is 5. The van der Waals surface area contributed by atoms with Crippen molar-refractivity contribution in [1.82, 2.24) is 0 Å². The lowest BCUT2D eigenvalue weighted by atomic mass is 10.3. The number of amides is 1. The van der Waals surface area contributed by atoms with Gasteiger partial charge < -0.3 is 11.1 Å². The van der Waals surface area contributed by atoms with Crippen LogP contribution in [0.5, 0.6) is 0 Å². The van der Waals surface area contributed by atoms with Gasteiger partial charge >= 0.3 is 0 Å². The number of non-ortho nitro benzene ring substituents is 1. The molecule has 3 N–H and O–H groups in total. The van der Waals surface area contributed by atoms with Crippen molar-refractivity contribution in [2.75, 3.05) is 16.8 Å². The number of hydrogen-bond donors (Lipinski definition) is 2. The van der Waals surface area contributed by atoms with Crippen LogP contribution in [0.1, 0.15) is 0 Å². The molecule has 0 spiro atoms. The molecule has 0 aromatic heterocycles. The van der Waals surface area contributed by atoms with Gasteiger partial charge in [-0.15, -0.1) is 11.8 Å². The summed E-state index contributed by atoms with van der Waals surface area (Å²) in [6.07, 6.45) is 0. The highest BCUT2D eigenvalue weighted by molar-refractivity contribution is 8.00. The summed E-state index contributed by atoms with van der Waals surface area (Å²) in [7, 11) is 0. The highest BCUT2D eigenvalue weighted by Gasteiger charge is 2.07. The quantitative estimate of drug-likeness (QED) is 0.383. The molecule has 0 aliphatic rings. The normalized spacial score (nSPS) is 10.1. The van der Waals surface area contributed by atoms with Gasteiger partial charge in [-0.05, 0) is 36.4 Å². The minimum Gasteiger partial charge on any atom is -0.399 e. The van der Waals surface area contributed by atoms with Crippen LogP contribution in [0, 0.1) is 10.1 Å². The summed E-state index contributed by atoms with van der Waals surface area (Å²) in [4.78, 5) is 22.8. The van der Waals surface area contributed by atoms with Crippen LogP contribution in [0.25, 0.3) is 0 Å². The van der Waals surface area contributed by atoms with E-state index in [0.717, 1.165) is 4.90 Å². The van der Waals surface area contributed by atoms with Gasteiger partial charge in [0, 0.05) is 28.4 Å². The fraction of sp³-hybridized carbons (Fsp3) is 0.0714. The van der Waals surface area contributed by atoms with Gasteiger partial charge in [-0.2, -0.15) is 0 Å². The molecule has 2 aromatic carbocycles. The first-order valence-corrected chi connectivity index (χ1v) is 7.06. The van der Waals surface area contributed by atoms with Crippen LogP contribution in [-0.2, 0) is 4.79 Å². The van der Waals surface area contributed by atoms with Crippen LogP contribution in [0.2, 0.25) is 0 Å². The predicted octanol–water partition coefficient (Wildman–Crippen LogP) is 2.91. The van der Waals surface area contributed by atoms with Crippen molar-refractivity contribution in [2.24, 2.45) is 0 Å². The lowest BCUT2D eigenvalue weighted by Crippen LogP contribution is -2.13. The maximum atomic E-state index is 11.8. The van der Waals surface area contributed by atoms with Gasteiger partial charge in [0.25, 0.3) is 5.69 Å². The lowest BCUT2D eigenvalue weighted by Gasteiger charge is -2.05. The molecule has 0 bridgehead atoms. The van der Waals surface area contributed by atoms with E-state index < -0.39 is 4.92 Å². The zero-order chi connectivity index (χ0) is 15.2. The van der Waals surface area contributed by atoms with E-state index >= 15 is 0 Å². The summed E-state index contributed by atoms with van der Waals surface area (Å²) in [5.74, 6) is 0.0756. The number of benzene rings is 2. The van der Waals surface area contributed by atoms with Crippen molar-refractivity contribution in [2.45, 2.75) is 4.90 Å². The van der Waals surface area contributed by atoms with Crippen molar-refractivity contribution in [3.8, 4) is 0 Å². The first kappa shape index (κ1) is 14.9. The number of nitrogens with one attached hydrogen (secondary N) is 1. The summed E-state index contributed by atoms with van der Waals surface area (Å²) >= 11 is 1.39. The molecule has 0 saturated heterocycles. The summed E-state index contributed by atoms with van der Waals surface area (Å²) in [5, 5.41) is 13.2. The molecule has 2 aromatic rings. The van der Waals surface area contributed by atoms with Crippen LogP contribution in [-0.4, -0.2) is 16.6 Å². The minimum atomic E-state index is -0.484. The number of thioether (sulfide) groups is 1. The Hall–Kier alpha value is -2.54. The Morgan fingerprint density at radius 3 is 2.33 bits per heavy atom. The maximum absolute atomic E-state index is 11.8. The molecule has 2 rings (SSSR count). The van der Waals surface area contributed by atoms with E-state index in [1.165, 1.54) is 36.0 Å². The summed E-state index contributed by atoms with van der Waals surface area (Å²) in [5.41, 5.74) is 6.78. The third-order valence-corrected chi connectivity index (χ3v) is 3.62.